The van der Waals surface area contributed by atoms with Gasteiger partial charge in [0.05, 0.1) is 0 Å². The number of rotatable bonds is 6. The molecule has 1 atom stereocenters. The van der Waals surface area contributed by atoms with Gasteiger partial charge in [-0.25, -0.2) is 0 Å². The van der Waals surface area contributed by atoms with Crippen molar-refractivity contribution in [2.24, 2.45) is 0 Å². The summed E-state index contributed by atoms with van der Waals surface area (Å²) in [5.74, 6) is 0. The zero-order valence-corrected chi connectivity index (χ0v) is 8.22. The standard InChI is InChI=1S/C6H19N5O/c1-7-5-6-11(4,8-2)9-10(3)12/h7-9H,5-6H2,1-4H3. The second kappa shape index (κ2) is 5.41. The summed E-state index contributed by atoms with van der Waals surface area (Å²) in [4.78, 5) is 0. The Labute approximate surface area is 73.6 Å². The molecule has 6 heteroatoms. The quantitative estimate of drug-likeness (QED) is 0.345. The molecule has 0 saturated heterocycles. The Morgan fingerprint density at radius 3 is 2.33 bits per heavy atom. The number of hydrogen-bond acceptors (Lipinski definition) is 5. The lowest BCUT2D eigenvalue weighted by atomic mass is 10.6. The third-order valence-electron chi connectivity index (χ3n) is 1.66. The maximum atomic E-state index is 10.7. The molecule has 0 aliphatic rings. The van der Waals surface area contributed by atoms with Crippen molar-refractivity contribution < 1.29 is 4.70 Å². The number of nitrogens with zero attached hydrogens (tertiary/aromatic N) is 2. The van der Waals surface area contributed by atoms with Crippen LogP contribution >= 0.6 is 0 Å². The fourth-order valence-electron chi connectivity index (χ4n) is 0.858. The Bertz CT molecular complexity index is 121. The smallest absolute Gasteiger partial charge is 0.128 e. The van der Waals surface area contributed by atoms with Crippen molar-refractivity contribution >= 4 is 0 Å². The van der Waals surface area contributed by atoms with Crippen LogP contribution in [0.25, 0.3) is 0 Å². The lowest BCUT2D eigenvalue weighted by molar-refractivity contribution is -1.00. The van der Waals surface area contributed by atoms with Gasteiger partial charge in [0.1, 0.15) is 13.6 Å². The molecule has 0 aromatic heterocycles. The highest BCUT2D eigenvalue weighted by molar-refractivity contribution is 4.36. The van der Waals surface area contributed by atoms with E-state index in [0.717, 1.165) is 13.1 Å². The van der Waals surface area contributed by atoms with E-state index >= 15 is 0 Å². The number of hydroxylamine groups is 1. The van der Waals surface area contributed by atoms with Gasteiger partial charge in [0.15, 0.2) is 0 Å². The molecule has 0 fully saturated rings. The minimum Gasteiger partial charge on any atom is -0.768 e. The first kappa shape index (κ1) is 11.8. The van der Waals surface area contributed by atoms with E-state index in [4.69, 9.17) is 0 Å². The molecule has 0 amide bonds. The summed E-state index contributed by atoms with van der Waals surface area (Å²) in [7, 11) is 6.98. The first-order chi connectivity index (χ1) is 5.54. The van der Waals surface area contributed by atoms with E-state index in [0.29, 0.717) is 9.87 Å². The predicted octanol–water partition coefficient (Wildman–Crippen LogP) is -1.36. The molecule has 6 nitrogen and oxygen atoms in total. The predicted molar refractivity (Wildman–Crippen MR) is 48.3 cm³/mol. The van der Waals surface area contributed by atoms with E-state index in [2.05, 4.69) is 16.3 Å². The maximum absolute atomic E-state index is 10.7. The monoisotopic (exact) mass is 177 g/mol. The summed E-state index contributed by atoms with van der Waals surface area (Å²) in [5.41, 5.74) is 5.69. The molecule has 0 heterocycles. The average molecular weight is 177 g/mol. The highest BCUT2D eigenvalue weighted by atomic mass is 16.6. The molecule has 0 bridgehead atoms. The molecule has 0 radical (unpaired) electrons. The van der Waals surface area contributed by atoms with Crippen LogP contribution in [0.5, 0.6) is 0 Å². The molecule has 12 heavy (non-hydrogen) atoms. The normalized spacial score (nSPS) is 16.5. The van der Waals surface area contributed by atoms with Crippen molar-refractivity contribution in [3.63, 3.8) is 0 Å². The van der Waals surface area contributed by atoms with Gasteiger partial charge in [-0.1, -0.05) is 5.53 Å². The third kappa shape index (κ3) is 4.60. The molecule has 0 aliphatic carbocycles. The van der Waals surface area contributed by atoms with Gasteiger partial charge in [-0.15, -0.1) is 0 Å². The number of quaternary nitrogens is 1. The number of hydrazine groups is 1. The Kier molecular flexibility index (Phi) is 5.31. The van der Waals surface area contributed by atoms with Crippen LogP contribution < -0.4 is 16.3 Å². The molecular weight excluding hydrogens is 158 g/mol. The fraction of sp³-hybridized carbons (Fsp3) is 1.00. The lowest BCUT2D eigenvalue weighted by Gasteiger charge is -2.37. The van der Waals surface area contributed by atoms with Gasteiger partial charge in [0, 0.05) is 13.6 Å². The summed E-state index contributed by atoms with van der Waals surface area (Å²) in [6, 6.07) is 0. The third-order valence-corrected chi connectivity index (χ3v) is 1.66. The van der Waals surface area contributed by atoms with Crippen LogP contribution in [0.2, 0.25) is 0 Å². The molecule has 1 unspecified atom stereocenters. The molecule has 0 aromatic carbocycles. The molecule has 0 aliphatic heterocycles. The fourth-order valence-corrected chi connectivity index (χ4v) is 0.858. The molecule has 0 aromatic rings. The van der Waals surface area contributed by atoms with Gasteiger partial charge in [0.2, 0.25) is 0 Å². The van der Waals surface area contributed by atoms with Crippen LogP contribution in [0.15, 0.2) is 0 Å². The van der Waals surface area contributed by atoms with Crippen molar-refractivity contribution in [2.75, 3.05) is 41.3 Å². The van der Waals surface area contributed by atoms with Crippen LogP contribution in [0, 0.1) is 5.21 Å². The van der Waals surface area contributed by atoms with Crippen molar-refractivity contribution in [1.82, 2.24) is 21.4 Å². The van der Waals surface area contributed by atoms with E-state index in [1.807, 2.05) is 14.1 Å². The molecule has 0 rings (SSSR count). The van der Waals surface area contributed by atoms with Crippen LogP contribution in [0.3, 0.4) is 0 Å². The summed E-state index contributed by atoms with van der Waals surface area (Å²) in [5, 5.41) is 14.4. The summed E-state index contributed by atoms with van der Waals surface area (Å²) in [6.07, 6.45) is 0. The minimum absolute atomic E-state index is 0.306. The largest absolute Gasteiger partial charge is 0.768 e. The van der Waals surface area contributed by atoms with Crippen LogP contribution in [0.1, 0.15) is 0 Å². The van der Waals surface area contributed by atoms with Gasteiger partial charge in [-0.05, 0) is 14.1 Å². The topological polar surface area (TPSA) is 62.4 Å². The Morgan fingerprint density at radius 1 is 1.42 bits per heavy atom. The highest BCUT2D eigenvalue weighted by Crippen LogP contribution is 1.88. The number of hydrogen-bond donors (Lipinski definition) is 3. The zero-order chi connectivity index (χ0) is 9.61. The highest BCUT2D eigenvalue weighted by Gasteiger charge is 2.18. The Morgan fingerprint density at radius 2 is 2.00 bits per heavy atom. The van der Waals surface area contributed by atoms with Crippen LogP contribution in [-0.4, -0.2) is 51.2 Å². The van der Waals surface area contributed by atoms with Crippen LogP contribution in [-0.2, 0) is 0 Å². The van der Waals surface area contributed by atoms with E-state index in [1.54, 1.807) is 7.05 Å². The molecule has 74 valence electrons. The Balaban J connectivity index is 3.86. The van der Waals surface area contributed by atoms with E-state index in [1.165, 1.54) is 7.05 Å². The van der Waals surface area contributed by atoms with E-state index in [-0.39, 0.29) is 0 Å². The minimum atomic E-state index is 0.306. The molecule has 3 N–H and O–H groups in total. The van der Waals surface area contributed by atoms with Crippen molar-refractivity contribution in [1.29, 1.82) is 0 Å². The summed E-state index contributed by atoms with van der Waals surface area (Å²) < 4.78 is 0.306. The van der Waals surface area contributed by atoms with Gasteiger partial charge in [-0.2, -0.15) is 10.1 Å². The molecule has 0 spiro atoms. The van der Waals surface area contributed by atoms with E-state index in [9.17, 15) is 5.21 Å². The summed E-state index contributed by atoms with van der Waals surface area (Å²) in [6.45, 7) is 1.61. The Hall–Kier alpha value is -0.240. The first-order valence-electron chi connectivity index (χ1n) is 3.92. The van der Waals surface area contributed by atoms with Crippen LogP contribution in [0.4, 0.5) is 0 Å². The number of nitrogens with one attached hydrogen (secondary N) is 3. The molecular formula is C6H19N5O. The van der Waals surface area contributed by atoms with Gasteiger partial charge >= 0.3 is 0 Å². The second-order valence-corrected chi connectivity index (χ2v) is 2.84. The molecule has 0 saturated carbocycles. The average Bonchev–Trinajstić information content (AvgIpc) is 2.00. The van der Waals surface area contributed by atoms with Gasteiger partial charge in [-0.3, -0.25) is 5.17 Å². The number of likely N-dealkylation sites (N-methyl/N-ethyl adjacent to an activating group) is 2. The van der Waals surface area contributed by atoms with Crippen molar-refractivity contribution in [2.45, 2.75) is 0 Å². The van der Waals surface area contributed by atoms with E-state index < -0.39 is 0 Å². The van der Waals surface area contributed by atoms with Crippen molar-refractivity contribution in [3.8, 4) is 0 Å². The SMILES string of the molecule is CNCC[N+](C)(NC)NN(C)[O-]. The summed E-state index contributed by atoms with van der Waals surface area (Å²) >= 11 is 0. The van der Waals surface area contributed by atoms with Gasteiger partial charge in [0.25, 0.3) is 0 Å². The van der Waals surface area contributed by atoms with Crippen molar-refractivity contribution in [3.05, 3.63) is 5.21 Å². The first-order valence-corrected chi connectivity index (χ1v) is 3.92. The maximum Gasteiger partial charge on any atom is 0.128 e. The lowest BCUT2D eigenvalue weighted by Crippen LogP contribution is -2.67. The second-order valence-electron chi connectivity index (χ2n) is 2.84. The van der Waals surface area contributed by atoms with Gasteiger partial charge < -0.3 is 10.5 Å². The zero-order valence-electron chi connectivity index (χ0n) is 8.22.